The average Bonchev–Trinajstić information content (AvgIpc) is 3.79. The van der Waals surface area contributed by atoms with Gasteiger partial charge < -0.3 is 14.2 Å². The molecule has 1 saturated carbocycles. The van der Waals surface area contributed by atoms with Crippen LogP contribution in [-0.4, -0.2) is 41.0 Å². The molecule has 9 heteroatoms. The first-order valence-electron chi connectivity index (χ1n) is 12.3. The summed E-state index contributed by atoms with van der Waals surface area (Å²) in [5.41, 5.74) is 1.40. The van der Waals surface area contributed by atoms with Crippen molar-refractivity contribution in [2.45, 2.75) is 24.9 Å². The van der Waals surface area contributed by atoms with Gasteiger partial charge in [0.05, 0.1) is 32.0 Å². The zero-order valence-electron chi connectivity index (χ0n) is 20.9. The summed E-state index contributed by atoms with van der Waals surface area (Å²) in [4.78, 5) is 22.1. The number of fused-ring (bicyclic) bond motifs is 1. The first-order valence-corrected chi connectivity index (χ1v) is 12.3. The van der Waals surface area contributed by atoms with Crippen molar-refractivity contribution in [3.05, 3.63) is 90.6 Å². The molecular formula is C29H25FN4O4. The Balaban J connectivity index is 1.33. The standard InChI is InChI=1S/C29H25FN4O4/c1-36-26-15-22-23(16-27(26)37-2)31-13-11-25(22)38-21-9-10-28(32-17-21)34-29(18-3-5-19(30)6-4-18)24(35)12-14-33(34)20-7-8-20/h3-6,9-17,20,29H,7-8H2,1-2H3. The van der Waals surface area contributed by atoms with Gasteiger partial charge in [0.2, 0.25) is 0 Å². The average molecular weight is 513 g/mol. The maximum absolute atomic E-state index is 13.6. The number of halogens is 1. The van der Waals surface area contributed by atoms with Crippen LogP contribution >= 0.6 is 0 Å². The smallest absolute Gasteiger partial charge is 0.186 e. The second-order valence-corrected chi connectivity index (χ2v) is 9.12. The normalized spacial score (nSPS) is 17.1. The van der Waals surface area contributed by atoms with Gasteiger partial charge in [-0.15, -0.1) is 0 Å². The lowest BCUT2D eigenvalue weighted by molar-refractivity contribution is -0.117. The molecule has 38 heavy (non-hydrogen) atoms. The van der Waals surface area contributed by atoms with Gasteiger partial charge in [0.25, 0.3) is 0 Å². The van der Waals surface area contributed by atoms with Gasteiger partial charge in [-0.3, -0.25) is 19.8 Å². The SMILES string of the molecule is COc1cc2nccc(Oc3ccc(N4C(c5ccc(F)cc5)C(=O)C=CN4C4CC4)nc3)c2cc1OC. The Kier molecular flexibility index (Phi) is 6.03. The third kappa shape index (κ3) is 4.36. The van der Waals surface area contributed by atoms with Crippen LogP contribution in [0.4, 0.5) is 10.2 Å². The minimum Gasteiger partial charge on any atom is -0.493 e. The van der Waals surface area contributed by atoms with Crippen molar-refractivity contribution in [2.24, 2.45) is 0 Å². The molecule has 2 aromatic heterocycles. The van der Waals surface area contributed by atoms with Gasteiger partial charge in [-0.25, -0.2) is 9.37 Å². The van der Waals surface area contributed by atoms with E-state index in [0.717, 1.165) is 18.2 Å². The highest BCUT2D eigenvalue weighted by atomic mass is 19.1. The number of hydrogen-bond acceptors (Lipinski definition) is 8. The van der Waals surface area contributed by atoms with Crippen molar-refractivity contribution in [3.63, 3.8) is 0 Å². The topological polar surface area (TPSA) is 77.0 Å². The van der Waals surface area contributed by atoms with Crippen LogP contribution in [0.15, 0.2) is 79.3 Å². The van der Waals surface area contributed by atoms with E-state index in [1.54, 1.807) is 63.2 Å². The van der Waals surface area contributed by atoms with Crippen LogP contribution in [0.1, 0.15) is 24.4 Å². The molecule has 2 aromatic carbocycles. The van der Waals surface area contributed by atoms with Gasteiger partial charge in [-0.1, -0.05) is 12.1 Å². The van der Waals surface area contributed by atoms with Crippen molar-refractivity contribution in [1.82, 2.24) is 15.0 Å². The summed E-state index contributed by atoms with van der Waals surface area (Å²) in [5.74, 6) is 2.40. The predicted molar refractivity (Wildman–Crippen MR) is 140 cm³/mol. The number of ether oxygens (including phenoxy) is 3. The lowest BCUT2D eigenvalue weighted by atomic mass is 10.00. The summed E-state index contributed by atoms with van der Waals surface area (Å²) < 4.78 is 30.6. The summed E-state index contributed by atoms with van der Waals surface area (Å²) in [6, 6.07) is 14.7. The second-order valence-electron chi connectivity index (χ2n) is 9.12. The Hall–Kier alpha value is -4.66. The van der Waals surface area contributed by atoms with Crippen LogP contribution in [0.3, 0.4) is 0 Å². The largest absolute Gasteiger partial charge is 0.493 e. The van der Waals surface area contributed by atoms with E-state index < -0.39 is 6.04 Å². The fraction of sp³-hybridized carbons (Fsp3) is 0.207. The van der Waals surface area contributed by atoms with Gasteiger partial charge in [0.15, 0.2) is 17.3 Å². The molecule has 0 bridgehead atoms. The summed E-state index contributed by atoms with van der Waals surface area (Å²) >= 11 is 0. The van der Waals surface area contributed by atoms with Gasteiger partial charge in [-0.05, 0) is 54.8 Å². The first kappa shape index (κ1) is 23.7. The summed E-state index contributed by atoms with van der Waals surface area (Å²) in [5, 5.41) is 4.70. The molecule has 1 fully saturated rings. The molecule has 0 N–H and O–H groups in total. The van der Waals surface area contributed by atoms with Gasteiger partial charge >= 0.3 is 0 Å². The number of carbonyl (C=O) groups excluding carboxylic acids is 1. The van der Waals surface area contributed by atoms with Crippen LogP contribution in [0.2, 0.25) is 0 Å². The van der Waals surface area contributed by atoms with Gasteiger partial charge in [-0.2, -0.15) is 0 Å². The van der Waals surface area contributed by atoms with Crippen LogP contribution in [0.5, 0.6) is 23.0 Å². The highest BCUT2D eigenvalue weighted by Crippen LogP contribution is 2.40. The van der Waals surface area contributed by atoms with Crippen molar-refractivity contribution in [3.8, 4) is 23.0 Å². The lowest BCUT2D eigenvalue weighted by Crippen LogP contribution is -2.49. The molecule has 6 rings (SSSR count). The lowest BCUT2D eigenvalue weighted by Gasteiger charge is -2.42. The molecule has 0 amide bonds. The molecule has 0 spiro atoms. The van der Waals surface area contributed by atoms with Crippen molar-refractivity contribution in [2.75, 3.05) is 19.2 Å². The molecular weight excluding hydrogens is 487 g/mol. The number of benzene rings is 2. The van der Waals surface area contributed by atoms with Crippen molar-refractivity contribution < 1.29 is 23.4 Å². The number of ketones is 1. The number of hydrazine groups is 1. The summed E-state index contributed by atoms with van der Waals surface area (Å²) in [6.45, 7) is 0. The molecule has 3 heterocycles. The van der Waals surface area contributed by atoms with Crippen LogP contribution in [-0.2, 0) is 4.79 Å². The Morgan fingerprint density at radius 3 is 2.37 bits per heavy atom. The number of hydrogen-bond donors (Lipinski definition) is 0. The number of anilines is 1. The minimum atomic E-state index is -0.646. The monoisotopic (exact) mass is 512 g/mol. The molecule has 192 valence electrons. The maximum atomic E-state index is 13.6. The van der Waals surface area contributed by atoms with E-state index >= 15 is 0 Å². The molecule has 1 atom stereocenters. The Morgan fingerprint density at radius 2 is 1.68 bits per heavy atom. The van der Waals surface area contributed by atoms with Crippen LogP contribution in [0, 0.1) is 5.82 Å². The molecule has 8 nitrogen and oxygen atoms in total. The zero-order chi connectivity index (χ0) is 26.2. The molecule has 4 aromatic rings. The van der Waals surface area contributed by atoms with E-state index in [4.69, 9.17) is 14.2 Å². The molecule has 0 radical (unpaired) electrons. The minimum absolute atomic E-state index is 0.0942. The number of carbonyl (C=O) groups is 1. The fourth-order valence-electron chi connectivity index (χ4n) is 4.64. The number of aromatic nitrogens is 2. The van der Waals surface area contributed by atoms with Gasteiger partial charge in [0, 0.05) is 29.9 Å². The van der Waals surface area contributed by atoms with Gasteiger partial charge in [0.1, 0.15) is 29.2 Å². The predicted octanol–water partition coefficient (Wildman–Crippen LogP) is 5.60. The maximum Gasteiger partial charge on any atom is 0.186 e. The van der Waals surface area contributed by atoms with E-state index in [2.05, 4.69) is 9.97 Å². The molecule has 1 aliphatic carbocycles. The van der Waals surface area contributed by atoms with Crippen LogP contribution in [0.25, 0.3) is 10.9 Å². The fourth-order valence-corrected chi connectivity index (χ4v) is 4.64. The zero-order valence-corrected chi connectivity index (χ0v) is 20.9. The molecule has 2 aliphatic rings. The number of rotatable bonds is 7. The molecule has 1 unspecified atom stereocenters. The number of methoxy groups -OCH3 is 2. The van der Waals surface area contributed by atoms with Crippen molar-refractivity contribution >= 4 is 22.5 Å². The Bertz CT molecular complexity index is 1520. The third-order valence-electron chi connectivity index (χ3n) is 6.65. The van der Waals surface area contributed by atoms with E-state index in [0.29, 0.717) is 39.9 Å². The third-order valence-corrected chi connectivity index (χ3v) is 6.65. The summed E-state index contributed by atoms with van der Waals surface area (Å²) in [6.07, 6.45) is 8.72. The van der Waals surface area contributed by atoms with E-state index in [1.165, 1.54) is 12.1 Å². The number of nitrogens with zero attached hydrogens (tertiary/aromatic N) is 4. The highest BCUT2D eigenvalue weighted by Gasteiger charge is 2.40. The molecule has 0 saturated heterocycles. The first-order chi connectivity index (χ1) is 18.6. The highest BCUT2D eigenvalue weighted by molar-refractivity contribution is 5.98. The van der Waals surface area contributed by atoms with E-state index in [9.17, 15) is 9.18 Å². The van der Waals surface area contributed by atoms with Crippen LogP contribution < -0.4 is 19.2 Å². The Labute approximate surface area is 218 Å². The quantitative estimate of drug-likeness (QED) is 0.317. The van der Waals surface area contributed by atoms with E-state index in [-0.39, 0.29) is 17.6 Å². The second kappa shape index (κ2) is 9.66. The summed E-state index contributed by atoms with van der Waals surface area (Å²) in [7, 11) is 3.15. The molecule has 1 aliphatic heterocycles. The van der Waals surface area contributed by atoms with E-state index in [1.807, 2.05) is 28.2 Å². The van der Waals surface area contributed by atoms with Crippen molar-refractivity contribution in [1.29, 1.82) is 0 Å². The number of pyridine rings is 2. The Morgan fingerprint density at radius 1 is 0.921 bits per heavy atom.